The van der Waals surface area contributed by atoms with Crippen molar-refractivity contribution in [2.24, 2.45) is 5.41 Å². The molecule has 1 aromatic carbocycles. The lowest BCUT2D eigenvalue weighted by Gasteiger charge is -2.22. The summed E-state index contributed by atoms with van der Waals surface area (Å²) < 4.78 is 5.18. The topological polar surface area (TPSA) is 38.3 Å². The van der Waals surface area contributed by atoms with E-state index in [1.54, 1.807) is 7.11 Å². The van der Waals surface area contributed by atoms with E-state index in [0.717, 1.165) is 24.0 Å². The lowest BCUT2D eigenvalue weighted by atomic mass is 9.88. The highest BCUT2D eigenvalue weighted by Crippen LogP contribution is 2.37. The van der Waals surface area contributed by atoms with E-state index >= 15 is 0 Å². The van der Waals surface area contributed by atoms with Crippen molar-refractivity contribution in [3.8, 4) is 0 Å². The zero-order chi connectivity index (χ0) is 13.7. The van der Waals surface area contributed by atoms with Crippen molar-refractivity contribution in [2.45, 2.75) is 45.8 Å². The van der Waals surface area contributed by atoms with E-state index in [9.17, 15) is 4.79 Å². The van der Waals surface area contributed by atoms with Crippen molar-refractivity contribution in [1.82, 2.24) is 5.32 Å². The number of carbonyl (C=O) groups is 1. The predicted molar refractivity (Wildman–Crippen MR) is 75.6 cm³/mol. The van der Waals surface area contributed by atoms with Gasteiger partial charge in [0.25, 0.3) is 0 Å². The molecule has 1 saturated carbocycles. The van der Waals surface area contributed by atoms with Gasteiger partial charge in [0.15, 0.2) is 0 Å². The molecule has 0 heterocycles. The molecule has 0 aromatic heterocycles. The Labute approximate surface area is 115 Å². The van der Waals surface area contributed by atoms with Crippen LogP contribution in [0.2, 0.25) is 0 Å². The first-order valence-corrected chi connectivity index (χ1v) is 7.00. The van der Waals surface area contributed by atoms with Gasteiger partial charge in [0, 0.05) is 19.1 Å². The summed E-state index contributed by atoms with van der Waals surface area (Å²) >= 11 is 0. The van der Waals surface area contributed by atoms with Gasteiger partial charge in [-0.3, -0.25) is 4.79 Å². The Hall–Kier alpha value is -1.35. The maximum Gasteiger partial charge on any atom is 0.226 e. The fraction of sp³-hybridized carbons (Fsp3) is 0.562. The van der Waals surface area contributed by atoms with Gasteiger partial charge < -0.3 is 10.1 Å². The summed E-state index contributed by atoms with van der Waals surface area (Å²) in [4.78, 5) is 12.3. The first-order chi connectivity index (χ1) is 9.15. The lowest BCUT2D eigenvalue weighted by Crippen LogP contribution is -2.36. The first kappa shape index (κ1) is 14.1. The van der Waals surface area contributed by atoms with Crippen LogP contribution in [-0.4, -0.2) is 13.0 Å². The molecule has 0 radical (unpaired) electrons. The number of benzene rings is 1. The SMILES string of the molecule is COCc1ccccc1CNC(=O)C1(C)CCCC1. The highest BCUT2D eigenvalue weighted by Gasteiger charge is 2.35. The van der Waals surface area contributed by atoms with Crippen LogP contribution in [0.3, 0.4) is 0 Å². The van der Waals surface area contributed by atoms with Crippen LogP contribution >= 0.6 is 0 Å². The van der Waals surface area contributed by atoms with Crippen LogP contribution in [-0.2, 0) is 22.7 Å². The largest absolute Gasteiger partial charge is 0.380 e. The Morgan fingerprint density at radius 2 is 1.89 bits per heavy atom. The second kappa shape index (κ2) is 6.20. The molecule has 0 aliphatic heterocycles. The third kappa shape index (κ3) is 3.35. The number of rotatable bonds is 5. The summed E-state index contributed by atoms with van der Waals surface area (Å²) in [7, 11) is 1.69. The summed E-state index contributed by atoms with van der Waals surface area (Å²) in [5.74, 6) is 0.192. The van der Waals surface area contributed by atoms with E-state index in [4.69, 9.17) is 4.74 Å². The molecule has 19 heavy (non-hydrogen) atoms. The van der Waals surface area contributed by atoms with Crippen molar-refractivity contribution in [3.05, 3.63) is 35.4 Å². The molecule has 3 heteroatoms. The zero-order valence-corrected chi connectivity index (χ0v) is 11.9. The molecule has 104 valence electrons. The molecule has 1 aromatic rings. The minimum absolute atomic E-state index is 0.157. The fourth-order valence-electron chi connectivity index (χ4n) is 2.80. The van der Waals surface area contributed by atoms with Gasteiger partial charge in [0.05, 0.1) is 6.61 Å². The minimum atomic E-state index is -0.157. The maximum absolute atomic E-state index is 12.3. The van der Waals surface area contributed by atoms with Gasteiger partial charge in [0.1, 0.15) is 0 Å². The molecule has 1 aliphatic rings. The molecule has 1 fully saturated rings. The Morgan fingerprint density at radius 3 is 2.53 bits per heavy atom. The van der Waals surface area contributed by atoms with Crippen LogP contribution in [0, 0.1) is 5.41 Å². The maximum atomic E-state index is 12.3. The molecular weight excluding hydrogens is 238 g/mol. The Balaban J connectivity index is 1.97. The number of methoxy groups -OCH3 is 1. The molecule has 1 amide bonds. The standard InChI is InChI=1S/C16H23NO2/c1-16(9-5-6-10-16)15(18)17-11-13-7-3-4-8-14(13)12-19-2/h3-4,7-8H,5-6,9-12H2,1-2H3,(H,17,18). The highest BCUT2D eigenvalue weighted by molar-refractivity contribution is 5.82. The monoisotopic (exact) mass is 261 g/mol. The Morgan fingerprint density at radius 1 is 1.26 bits per heavy atom. The molecule has 1 aliphatic carbocycles. The third-order valence-electron chi connectivity index (χ3n) is 4.11. The van der Waals surface area contributed by atoms with E-state index in [1.165, 1.54) is 12.8 Å². The molecule has 1 N–H and O–H groups in total. The second-order valence-electron chi connectivity index (χ2n) is 5.65. The normalized spacial score (nSPS) is 17.4. The summed E-state index contributed by atoms with van der Waals surface area (Å²) in [5.41, 5.74) is 2.12. The third-order valence-corrected chi connectivity index (χ3v) is 4.11. The average Bonchev–Trinajstić information content (AvgIpc) is 2.86. The van der Waals surface area contributed by atoms with Crippen LogP contribution in [0.15, 0.2) is 24.3 Å². The number of hydrogen-bond acceptors (Lipinski definition) is 2. The fourth-order valence-corrected chi connectivity index (χ4v) is 2.80. The van der Waals surface area contributed by atoms with Gasteiger partial charge in [-0.25, -0.2) is 0 Å². The van der Waals surface area contributed by atoms with E-state index in [0.29, 0.717) is 13.2 Å². The van der Waals surface area contributed by atoms with Crippen molar-refractivity contribution < 1.29 is 9.53 Å². The van der Waals surface area contributed by atoms with E-state index < -0.39 is 0 Å². The Kier molecular flexibility index (Phi) is 4.59. The van der Waals surface area contributed by atoms with Gasteiger partial charge in [-0.05, 0) is 24.0 Å². The number of ether oxygens (including phenoxy) is 1. The summed E-state index contributed by atoms with van der Waals surface area (Å²) in [6, 6.07) is 8.09. The van der Waals surface area contributed by atoms with Crippen LogP contribution in [0.5, 0.6) is 0 Å². The van der Waals surface area contributed by atoms with E-state index in [-0.39, 0.29) is 11.3 Å². The molecule has 0 bridgehead atoms. The summed E-state index contributed by atoms with van der Waals surface area (Å²) in [6.07, 6.45) is 4.37. The van der Waals surface area contributed by atoms with E-state index in [2.05, 4.69) is 12.2 Å². The van der Waals surface area contributed by atoms with Crippen molar-refractivity contribution in [1.29, 1.82) is 0 Å². The summed E-state index contributed by atoms with van der Waals surface area (Å²) in [6.45, 7) is 3.26. The highest BCUT2D eigenvalue weighted by atomic mass is 16.5. The van der Waals surface area contributed by atoms with Gasteiger partial charge in [0.2, 0.25) is 5.91 Å². The molecular formula is C16H23NO2. The van der Waals surface area contributed by atoms with Gasteiger partial charge >= 0.3 is 0 Å². The molecule has 0 saturated heterocycles. The van der Waals surface area contributed by atoms with E-state index in [1.807, 2.05) is 24.3 Å². The molecule has 0 unspecified atom stereocenters. The number of carbonyl (C=O) groups excluding carboxylic acids is 1. The first-order valence-electron chi connectivity index (χ1n) is 7.00. The quantitative estimate of drug-likeness (QED) is 0.884. The van der Waals surface area contributed by atoms with Crippen molar-refractivity contribution in [3.63, 3.8) is 0 Å². The predicted octanol–water partition coefficient (Wildman–Crippen LogP) is 3.03. The number of nitrogens with one attached hydrogen (secondary N) is 1. The zero-order valence-electron chi connectivity index (χ0n) is 11.9. The second-order valence-corrected chi connectivity index (χ2v) is 5.65. The van der Waals surface area contributed by atoms with Crippen LogP contribution in [0.1, 0.15) is 43.7 Å². The Bertz CT molecular complexity index is 436. The van der Waals surface area contributed by atoms with Gasteiger partial charge in [-0.1, -0.05) is 44.0 Å². The smallest absolute Gasteiger partial charge is 0.226 e. The van der Waals surface area contributed by atoms with Gasteiger partial charge in [-0.2, -0.15) is 0 Å². The molecule has 2 rings (SSSR count). The van der Waals surface area contributed by atoms with Crippen molar-refractivity contribution >= 4 is 5.91 Å². The molecule has 3 nitrogen and oxygen atoms in total. The van der Waals surface area contributed by atoms with Crippen LogP contribution in [0.4, 0.5) is 0 Å². The minimum Gasteiger partial charge on any atom is -0.380 e. The van der Waals surface area contributed by atoms with Crippen molar-refractivity contribution in [2.75, 3.05) is 7.11 Å². The lowest BCUT2D eigenvalue weighted by molar-refractivity contribution is -0.130. The number of amides is 1. The van der Waals surface area contributed by atoms with Gasteiger partial charge in [-0.15, -0.1) is 0 Å². The number of hydrogen-bond donors (Lipinski definition) is 1. The average molecular weight is 261 g/mol. The summed E-state index contributed by atoms with van der Waals surface area (Å²) in [5, 5.41) is 3.09. The molecule has 0 atom stereocenters. The van der Waals surface area contributed by atoms with Crippen LogP contribution in [0.25, 0.3) is 0 Å². The molecule has 0 spiro atoms. The van der Waals surface area contributed by atoms with Crippen LogP contribution < -0.4 is 5.32 Å².